The zero-order valence-corrected chi connectivity index (χ0v) is 14.9. The minimum atomic E-state index is -2.64. The van der Waals surface area contributed by atoms with Crippen molar-refractivity contribution in [1.82, 2.24) is 9.78 Å². The molecule has 140 valence electrons. The minimum Gasteiger partial charge on any atom is -0.466 e. The molecule has 0 amide bonds. The van der Waals surface area contributed by atoms with Crippen LogP contribution in [0, 0.1) is 5.82 Å². The largest absolute Gasteiger partial charge is 0.466 e. The lowest BCUT2D eigenvalue weighted by Gasteiger charge is -2.07. The molecular weight excluding hydrogens is 381 g/mol. The molecule has 0 aliphatic rings. The van der Waals surface area contributed by atoms with Crippen molar-refractivity contribution in [1.29, 1.82) is 0 Å². The zero-order chi connectivity index (χ0) is 19.6. The number of alkyl halides is 2. The van der Waals surface area contributed by atoms with Gasteiger partial charge in [-0.1, -0.05) is 29.8 Å². The van der Waals surface area contributed by atoms with Gasteiger partial charge in [-0.15, -0.1) is 0 Å². The molecule has 1 heterocycles. The van der Waals surface area contributed by atoms with Crippen LogP contribution in [0.5, 0.6) is 0 Å². The molecular formula is C19H14ClF3N2O2. The van der Waals surface area contributed by atoms with Gasteiger partial charge in [0.05, 0.1) is 24.9 Å². The van der Waals surface area contributed by atoms with Gasteiger partial charge in [0.25, 0.3) is 6.43 Å². The monoisotopic (exact) mass is 394 g/mol. The molecule has 0 aliphatic carbocycles. The fraction of sp³-hybridized carbons (Fsp3) is 0.158. The number of hydrogen-bond donors (Lipinski definition) is 0. The van der Waals surface area contributed by atoms with Crippen molar-refractivity contribution >= 4 is 34.5 Å². The highest BCUT2D eigenvalue weighted by Crippen LogP contribution is 2.28. The predicted octanol–water partition coefficient (Wildman–Crippen LogP) is 5.00. The molecule has 0 bridgehead atoms. The van der Waals surface area contributed by atoms with Crippen molar-refractivity contribution in [2.45, 2.75) is 13.0 Å². The number of rotatable bonds is 5. The average molecular weight is 395 g/mol. The SMILES string of the molecule is COC(=O)C=Cc1nn(Cc2ccc(F)cc2Cl)c2cc(C(F)F)ccc12. The summed E-state index contributed by atoms with van der Waals surface area (Å²) in [5.41, 5.74) is 1.28. The molecule has 0 saturated heterocycles. The first-order chi connectivity index (χ1) is 12.9. The van der Waals surface area contributed by atoms with Crippen molar-refractivity contribution in [2.24, 2.45) is 0 Å². The van der Waals surface area contributed by atoms with Gasteiger partial charge < -0.3 is 4.74 Å². The van der Waals surface area contributed by atoms with Crippen LogP contribution in [0.15, 0.2) is 42.5 Å². The van der Waals surface area contributed by atoms with Crippen molar-refractivity contribution in [3.8, 4) is 0 Å². The van der Waals surface area contributed by atoms with Gasteiger partial charge in [0.2, 0.25) is 0 Å². The Balaban J connectivity index is 2.10. The first-order valence-corrected chi connectivity index (χ1v) is 8.25. The number of hydrogen-bond acceptors (Lipinski definition) is 3. The van der Waals surface area contributed by atoms with Crippen LogP contribution < -0.4 is 0 Å². The maximum atomic E-state index is 13.3. The number of fused-ring (bicyclic) bond motifs is 1. The smallest absolute Gasteiger partial charge is 0.330 e. The first kappa shape index (κ1) is 19.0. The molecule has 0 unspecified atom stereocenters. The van der Waals surface area contributed by atoms with Crippen molar-refractivity contribution in [3.05, 3.63) is 70.1 Å². The third-order valence-corrected chi connectivity index (χ3v) is 4.32. The molecule has 3 aromatic rings. The van der Waals surface area contributed by atoms with E-state index in [0.717, 1.165) is 0 Å². The van der Waals surface area contributed by atoms with Crippen LogP contribution in [-0.4, -0.2) is 22.9 Å². The molecule has 0 N–H and O–H groups in total. The average Bonchev–Trinajstić information content (AvgIpc) is 2.99. The third kappa shape index (κ3) is 4.14. The van der Waals surface area contributed by atoms with Gasteiger partial charge in [0.15, 0.2) is 0 Å². The molecule has 0 atom stereocenters. The number of benzene rings is 2. The number of ether oxygens (including phenoxy) is 1. The maximum absolute atomic E-state index is 13.3. The Labute approximate surface area is 157 Å². The zero-order valence-electron chi connectivity index (χ0n) is 14.1. The van der Waals surface area contributed by atoms with E-state index in [0.29, 0.717) is 22.2 Å². The van der Waals surface area contributed by atoms with Gasteiger partial charge in [-0.2, -0.15) is 5.10 Å². The molecule has 8 heteroatoms. The first-order valence-electron chi connectivity index (χ1n) is 7.87. The Hall–Kier alpha value is -2.80. The van der Waals surface area contributed by atoms with Crippen LogP contribution in [0.25, 0.3) is 17.0 Å². The lowest BCUT2D eigenvalue weighted by Crippen LogP contribution is -2.03. The summed E-state index contributed by atoms with van der Waals surface area (Å²) in [6.45, 7) is 0.147. The normalized spacial score (nSPS) is 11.6. The summed E-state index contributed by atoms with van der Waals surface area (Å²) >= 11 is 6.06. The highest BCUT2D eigenvalue weighted by Gasteiger charge is 2.15. The van der Waals surface area contributed by atoms with Gasteiger partial charge in [-0.05, 0) is 29.8 Å². The predicted molar refractivity (Wildman–Crippen MR) is 96.3 cm³/mol. The van der Waals surface area contributed by atoms with E-state index in [1.54, 1.807) is 0 Å². The van der Waals surface area contributed by atoms with E-state index in [1.165, 1.54) is 60.3 Å². The van der Waals surface area contributed by atoms with E-state index >= 15 is 0 Å². The van der Waals surface area contributed by atoms with Crippen LogP contribution in [0.2, 0.25) is 5.02 Å². The fourth-order valence-electron chi connectivity index (χ4n) is 2.62. The Morgan fingerprint density at radius 2 is 2.07 bits per heavy atom. The molecule has 0 saturated carbocycles. The van der Waals surface area contributed by atoms with Crippen LogP contribution in [0.1, 0.15) is 23.2 Å². The minimum absolute atomic E-state index is 0.147. The van der Waals surface area contributed by atoms with Gasteiger partial charge >= 0.3 is 5.97 Å². The van der Waals surface area contributed by atoms with Crippen LogP contribution >= 0.6 is 11.6 Å². The summed E-state index contributed by atoms with van der Waals surface area (Å²) in [6, 6.07) is 8.09. The molecule has 0 spiro atoms. The summed E-state index contributed by atoms with van der Waals surface area (Å²) in [6.07, 6.45) is -0.00185. The van der Waals surface area contributed by atoms with E-state index in [2.05, 4.69) is 9.84 Å². The molecule has 2 aromatic carbocycles. The highest BCUT2D eigenvalue weighted by atomic mass is 35.5. The molecule has 27 heavy (non-hydrogen) atoms. The van der Waals surface area contributed by atoms with Gasteiger partial charge in [0, 0.05) is 22.0 Å². The standard InChI is InChI=1S/C19H14ClF3N2O2/c1-27-18(26)7-6-16-14-5-3-11(19(22)23)8-17(14)25(24-16)10-12-2-4-13(21)9-15(12)20/h2-9,19H,10H2,1H3. The number of aromatic nitrogens is 2. The number of esters is 1. The Kier molecular flexibility index (Phi) is 5.51. The van der Waals surface area contributed by atoms with Crippen LogP contribution in [0.4, 0.5) is 13.2 Å². The van der Waals surface area contributed by atoms with Crippen molar-refractivity contribution < 1.29 is 22.7 Å². The van der Waals surface area contributed by atoms with E-state index in [4.69, 9.17) is 11.6 Å². The number of carbonyl (C=O) groups is 1. The summed E-state index contributed by atoms with van der Waals surface area (Å²) in [5.74, 6) is -1.04. The number of halogens is 4. The topological polar surface area (TPSA) is 44.1 Å². The molecule has 0 aliphatic heterocycles. The summed E-state index contributed by atoms with van der Waals surface area (Å²) in [4.78, 5) is 11.3. The highest BCUT2D eigenvalue weighted by molar-refractivity contribution is 6.31. The fourth-order valence-corrected chi connectivity index (χ4v) is 2.85. The van der Waals surface area contributed by atoms with E-state index in [-0.39, 0.29) is 17.1 Å². The molecule has 0 fully saturated rings. The molecule has 3 rings (SSSR count). The van der Waals surface area contributed by atoms with Crippen molar-refractivity contribution in [3.63, 3.8) is 0 Å². The van der Waals surface area contributed by atoms with Crippen molar-refractivity contribution in [2.75, 3.05) is 7.11 Å². The van der Waals surface area contributed by atoms with Crippen LogP contribution in [-0.2, 0) is 16.1 Å². The molecule has 1 aromatic heterocycles. The second-order valence-corrected chi connectivity index (χ2v) is 6.12. The van der Waals surface area contributed by atoms with E-state index in [9.17, 15) is 18.0 Å². The lowest BCUT2D eigenvalue weighted by molar-refractivity contribution is -0.134. The quantitative estimate of drug-likeness (QED) is 0.452. The Morgan fingerprint density at radius 3 is 2.74 bits per heavy atom. The summed E-state index contributed by atoms with van der Waals surface area (Å²) in [5, 5.41) is 5.16. The Morgan fingerprint density at radius 1 is 1.30 bits per heavy atom. The Bertz CT molecular complexity index is 1030. The number of methoxy groups -OCH3 is 1. The molecule has 0 radical (unpaired) electrons. The van der Waals surface area contributed by atoms with Gasteiger partial charge in [0.1, 0.15) is 5.82 Å². The van der Waals surface area contributed by atoms with Gasteiger partial charge in [-0.25, -0.2) is 18.0 Å². The maximum Gasteiger partial charge on any atom is 0.330 e. The third-order valence-electron chi connectivity index (χ3n) is 3.97. The lowest BCUT2D eigenvalue weighted by atomic mass is 10.1. The summed E-state index contributed by atoms with van der Waals surface area (Å²) in [7, 11) is 1.24. The summed E-state index contributed by atoms with van der Waals surface area (Å²) < 4.78 is 45.5. The second kappa shape index (κ2) is 7.84. The van der Waals surface area contributed by atoms with Gasteiger partial charge in [-0.3, -0.25) is 4.68 Å². The van der Waals surface area contributed by atoms with E-state index < -0.39 is 18.2 Å². The number of nitrogens with zero attached hydrogens (tertiary/aromatic N) is 2. The van der Waals surface area contributed by atoms with Crippen LogP contribution in [0.3, 0.4) is 0 Å². The second-order valence-electron chi connectivity index (χ2n) is 5.71. The molecule has 4 nitrogen and oxygen atoms in total. The van der Waals surface area contributed by atoms with E-state index in [1.807, 2.05) is 0 Å². The number of carbonyl (C=O) groups excluding carboxylic acids is 1.